The Kier molecular flexibility index (Phi) is 4.95. The maximum atomic E-state index is 12.6. The predicted molar refractivity (Wildman–Crippen MR) is 101 cm³/mol. The van der Waals surface area contributed by atoms with E-state index in [0.717, 1.165) is 41.5 Å². The zero-order valence-corrected chi connectivity index (χ0v) is 15.9. The second-order valence-corrected chi connectivity index (χ2v) is 7.76. The summed E-state index contributed by atoms with van der Waals surface area (Å²) in [5.41, 5.74) is 6.08. The van der Waals surface area contributed by atoms with E-state index in [-0.39, 0.29) is 11.9 Å². The van der Waals surface area contributed by atoms with Gasteiger partial charge in [0, 0.05) is 4.88 Å². The van der Waals surface area contributed by atoms with Crippen molar-refractivity contribution in [1.82, 2.24) is 0 Å². The molecule has 0 saturated carbocycles. The average Bonchev–Trinajstić information content (AvgIpc) is 3.10. The van der Waals surface area contributed by atoms with Gasteiger partial charge in [0.05, 0.1) is 19.1 Å². The number of carbonyl (C=O) groups is 2. The zero-order valence-electron chi connectivity index (χ0n) is 15.1. The molecule has 1 aromatic heterocycles. The van der Waals surface area contributed by atoms with Crippen LogP contribution in [-0.4, -0.2) is 19.0 Å². The summed E-state index contributed by atoms with van der Waals surface area (Å²) < 4.78 is 4.93. The van der Waals surface area contributed by atoms with Crippen molar-refractivity contribution in [3.8, 4) is 0 Å². The van der Waals surface area contributed by atoms with Crippen LogP contribution >= 0.6 is 11.3 Å². The minimum Gasteiger partial charge on any atom is -0.465 e. The fraction of sp³-hybridized carbons (Fsp3) is 0.400. The maximum Gasteiger partial charge on any atom is 0.341 e. The van der Waals surface area contributed by atoms with Gasteiger partial charge in [0.1, 0.15) is 5.00 Å². The van der Waals surface area contributed by atoms with Crippen molar-refractivity contribution < 1.29 is 14.3 Å². The lowest BCUT2D eigenvalue weighted by Crippen LogP contribution is -2.17. The minimum atomic E-state index is -0.364. The summed E-state index contributed by atoms with van der Waals surface area (Å²) in [6.45, 7) is 6.12. The number of thiophene rings is 1. The molecule has 132 valence electrons. The Labute approximate surface area is 152 Å². The van der Waals surface area contributed by atoms with Crippen molar-refractivity contribution in [3.63, 3.8) is 0 Å². The topological polar surface area (TPSA) is 55.4 Å². The van der Waals surface area contributed by atoms with Crippen LogP contribution in [0, 0.1) is 20.8 Å². The van der Waals surface area contributed by atoms with E-state index in [1.165, 1.54) is 28.9 Å². The molecule has 2 aromatic rings. The number of carbonyl (C=O) groups excluding carboxylic acids is 2. The molecule has 0 fully saturated rings. The van der Waals surface area contributed by atoms with Crippen LogP contribution < -0.4 is 5.32 Å². The lowest BCUT2D eigenvalue weighted by Gasteiger charge is -2.12. The predicted octanol–water partition coefficient (Wildman–Crippen LogP) is 4.13. The highest BCUT2D eigenvalue weighted by molar-refractivity contribution is 7.17. The molecule has 3 rings (SSSR count). The summed E-state index contributed by atoms with van der Waals surface area (Å²) in [5, 5.41) is 3.58. The van der Waals surface area contributed by atoms with E-state index in [1.54, 1.807) is 0 Å². The van der Waals surface area contributed by atoms with Crippen molar-refractivity contribution in [2.75, 3.05) is 12.4 Å². The van der Waals surface area contributed by atoms with Gasteiger partial charge in [-0.25, -0.2) is 4.79 Å². The van der Waals surface area contributed by atoms with Crippen molar-refractivity contribution in [1.29, 1.82) is 0 Å². The molecule has 0 radical (unpaired) electrons. The Hall–Kier alpha value is -2.14. The molecule has 0 atom stereocenters. The fourth-order valence-corrected chi connectivity index (χ4v) is 4.92. The number of hydrogen-bond acceptors (Lipinski definition) is 4. The van der Waals surface area contributed by atoms with E-state index in [2.05, 4.69) is 24.4 Å². The molecular formula is C20H23NO3S. The number of fused-ring (bicyclic) bond motifs is 1. The van der Waals surface area contributed by atoms with E-state index in [1.807, 2.05) is 13.8 Å². The van der Waals surface area contributed by atoms with Crippen LogP contribution in [0.15, 0.2) is 12.1 Å². The van der Waals surface area contributed by atoms with E-state index >= 15 is 0 Å². The number of esters is 1. The van der Waals surface area contributed by atoms with Gasteiger partial charge in [0.15, 0.2) is 0 Å². The molecule has 25 heavy (non-hydrogen) atoms. The van der Waals surface area contributed by atoms with Crippen LogP contribution in [-0.2, 0) is 28.8 Å². The highest BCUT2D eigenvalue weighted by atomic mass is 32.1. The van der Waals surface area contributed by atoms with Crippen LogP contribution in [0.3, 0.4) is 0 Å². The molecule has 1 aliphatic carbocycles. The molecule has 5 heteroatoms. The Bertz CT molecular complexity index is 828. The summed E-state index contributed by atoms with van der Waals surface area (Å²) >= 11 is 1.51. The molecule has 1 aromatic carbocycles. The normalized spacial score (nSPS) is 12.8. The lowest BCUT2D eigenvalue weighted by molar-refractivity contribution is -0.115. The monoisotopic (exact) mass is 357 g/mol. The van der Waals surface area contributed by atoms with Crippen molar-refractivity contribution in [2.45, 2.75) is 46.5 Å². The molecule has 0 unspecified atom stereocenters. The van der Waals surface area contributed by atoms with Crippen LogP contribution in [0.25, 0.3) is 0 Å². The third-order valence-corrected chi connectivity index (χ3v) is 5.95. The van der Waals surface area contributed by atoms with Gasteiger partial charge >= 0.3 is 5.97 Å². The number of rotatable bonds is 4. The quantitative estimate of drug-likeness (QED) is 0.837. The number of nitrogens with one attached hydrogen (secondary N) is 1. The number of aryl methyl sites for hydroxylation is 4. The van der Waals surface area contributed by atoms with Crippen LogP contribution in [0.4, 0.5) is 5.00 Å². The third-order valence-electron chi connectivity index (χ3n) is 4.74. The standard InChI is InChI=1S/C20H23NO3S/c1-11-8-12(2)15(13(3)9-11)10-17(22)21-19-18(20(23)24-4)14-6-5-7-16(14)25-19/h8-9H,5-7,10H2,1-4H3,(H,21,22). The molecule has 0 aliphatic heterocycles. The summed E-state index contributed by atoms with van der Waals surface area (Å²) in [6, 6.07) is 4.18. The van der Waals surface area contributed by atoms with Gasteiger partial charge in [-0.05, 0) is 62.3 Å². The minimum absolute atomic E-state index is 0.0971. The number of ether oxygens (including phenoxy) is 1. The Morgan fingerprint density at radius 3 is 2.48 bits per heavy atom. The van der Waals surface area contributed by atoms with E-state index in [0.29, 0.717) is 17.0 Å². The molecule has 1 N–H and O–H groups in total. The highest BCUT2D eigenvalue weighted by Gasteiger charge is 2.28. The summed E-state index contributed by atoms with van der Waals surface area (Å²) in [4.78, 5) is 26.0. The molecule has 0 spiro atoms. The number of methoxy groups -OCH3 is 1. The molecule has 1 amide bonds. The maximum absolute atomic E-state index is 12.6. The summed E-state index contributed by atoms with van der Waals surface area (Å²) in [6.07, 6.45) is 3.21. The first kappa shape index (κ1) is 17.7. The van der Waals surface area contributed by atoms with E-state index in [9.17, 15) is 9.59 Å². The second kappa shape index (κ2) is 7.00. The first-order chi connectivity index (χ1) is 11.9. The zero-order chi connectivity index (χ0) is 18.1. The summed E-state index contributed by atoms with van der Waals surface area (Å²) in [7, 11) is 1.38. The molecule has 1 heterocycles. The largest absolute Gasteiger partial charge is 0.465 e. The van der Waals surface area contributed by atoms with Gasteiger partial charge in [0.2, 0.25) is 5.91 Å². The molecular weight excluding hydrogens is 334 g/mol. The first-order valence-electron chi connectivity index (χ1n) is 8.50. The molecule has 0 bridgehead atoms. The van der Waals surface area contributed by atoms with Gasteiger partial charge in [0.25, 0.3) is 0 Å². The van der Waals surface area contributed by atoms with Crippen molar-refractivity contribution in [3.05, 3.63) is 50.4 Å². The SMILES string of the molecule is COC(=O)c1c(NC(=O)Cc2c(C)cc(C)cc2C)sc2c1CCC2. The van der Waals surface area contributed by atoms with Gasteiger partial charge in [-0.15, -0.1) is 11.3 Å². The smallest absolute Gasteiger partial charge is 0.341 e. The molecule has 4 nitrogen and oxygen atoms in total. The number of anilines is 1. The van der Waals surface area contributed by atoms with E-state index < -0.39 is 0 Å². The van der Waals surface area contributed by atoms with Crippen molar-refractivity contribution >= 4 is 28.2 Å². The van der Waals surface area contributed by atoms with Gasteiger partial charge in [-0.1, -0.05) is 17.7 Å². The first-order valence-corrected chi connectivity index (χ1v) is 9.31. The average molecular weight is 357 g/mol. The second-order valence-electron chi connectivity index (χ2n) is 6.66. The van der Waals surface area contributed by atoms with Gasteiger partial charge in [-0.3, -0.25) is 4.79 Å². The number of amides is 1. The van der Waals surface area contributed by atoms with Gasteiger partial charge in [-0.2, -0.15) is 0 Å². The van der Waals surface area contributed by atoms with Gasteiger partial charge < -0.3 is 10.1 Å². The lowest BCUT2D eigenvalue weighted by atomic mass is 9.97. The number of hydrogen-bond donors (Lipinski definition) is 1. The fourth-order valence-electron chi connectivity index (χ4n) is 3.63. The number of benzene rings is 1. The molecule has 1 aliphatic rings. The Morgan fingerprint density at radius 2 is 1.84 bits per heavy atom. The van der Waals surface area contributed by atoms with Crippen molar-refractivity contribution in [2.24, 2.45) is 0 Å². The summed E-state index contributed by atoms with van der Waals surface area (Å²) in [5.74, 6) is -0.461. The van der Waals surface area contributed by atoms with E-state index in [4.69, 9.17) is 4.74 Å². The Morgan fingerprint density at radius 1 is 1.16 bits per heavy atom. The van der Waals surface area contributed by atoms with Crippen LogP contribution in [0.5, 0.6) is 0 Å². The van der Waals surface area contributed by atoms with Crippen LogP contribution in [0.1, 0.15) is 49.5 Å². The third kappa shape index (κ3) is 3.47. The Balaban J connectivity index is 1.84. The molecule has 0 saturated heterocycles. The highest BCUT2D eigenvalue weighted by Crippen LogP contribution is 2.39. The van der Waals surface area contributed by atoms with Crippen LogP contribution in [0.2, 0.25) is 0 Å².